The number of amidine groups is 1. The van der Waals surface area contributed by atoms with Gasteiger partial charge in [-0.05, 0) is 25.7 Å². The van der Waals surface area contributed by atoms with Crippen LogP contribution in [0.1, 0.15) is 32.6 Å². The first-order valence-electron chi connectivity index (χ1n) is 5.76. The molecule has 0 bridgehead atoms. The molecule has 3 heteroatoms. The zero-order valence-corrected chi connectivity index (χ0v) is 8.96. The zero-order chi connectivity index (χ0) is 9.97. The van der Waals surface area contributed by atoms with Gasteiger partial charge in [0, 0.05) is 25.6 Å². The Bertz CT molecular complexity index is 213. The molecule has 0 aromatic carbocycles. The monoisotopic (exact) mass is 196 g/mol. The van der Waals surface area contributed by atoms with Crippen molar-refractivity contribution in [2.24, 2.45) is 5.92 Å². The summed E-state index contributed by atoms with van der Waals surface area (Å²) in [7, 11) is 0. The Kier molecular flexibility index (Phi) is 3.06. The van der Waals surface area contributed by atoms with E-state index in [1.165, 1.54) is 12.8 Å². The molecule has 1 heterocycles. The molecule has 0 radical (unpaired) electrons. The van der Waals surface area contributed by atoms with Crippen LogP contribution in [0.25, 0.3) is 0 Å². The fourth-order valence-corrected chi connectivity index (χ4v) is 1.98. The van der Waals surface area contributed by atoms with Crippen LogP contribution in [0.4, 0.5) is 0 Å². The van der Waals surface area contributed by atoms with Crippen LogP contribution in [-0.4, -0.2) is 36.5 Å². The van der Waals surface area contributed by atoms with E-state index in [9.17, 15) is 0 Å². The topological polar surface area (TPSA) is 36.3 Å². The predicted molar refractivity (Wildman–Crippen MR) is 56.7 cm³/mol. The van der Waals surface area contributed by atoms with E-state index in [1.807, 2.05) is 0 Å². The molecule has 1 aliphatic heterocycles. The summed E-state index contributed by atoms with van der Waals surface area (Å²) in [6.45, 7) is 4.99. The van der Waals surface area contributed by atoms with Crippen molar-refractivity contribution in [3.63, 3.8) is 0 Å². The highest BCUT2D eigenvalue weighted by Gasteiger charge is 2.31. The molecule has 1 aliphatic carbocycles. The number of rotatable bonds is 2. The maximum Gasteiger partial charge on any atom is 0.0990 e. The second-order valence-electron chi connectivity index (χ2n) is 4.36. The maximum absolute atomic E-state index is 8.03. The van der Waals surface area contributed by atoms with Gasteiger partial charge in [-0.15, -0.1) is 0 Å². The van der Waals surface area contributed by atoms with Crippen LogP contribution >= 0.6 is 0 Å². The van der Waals surface area contributed by atoms with Crippen LogP contribution in [0, 0.1) is 11.3 Å². The fourth-order valence-electron chi connectivity index (χ4n) is 1.98. The van der Waals surface area contributed by atoms with Gasteiger partial charge >= 0.3 is 0 Å². The highest BCUT2D eigenvalue weighted by molar-refractivity contribution is 5.83. The van der Waals surface area contributed by atoms with Gasteiger partial charge in [-0.2, -0.15) is 0 Å². The lowest BCUT2D eigenvalue weighted by atomic mass is 10.2. The minimum atomic E-state index is 0.344. The van der Waals surface area contributed by atoms with Crippen molar-refractivity contribution in [2.75, 3.05) is 19.7 Å². The van der Waals surface area contributed by atoms with Gasteiger partial charge in [0.2, 0.25) is 0 Å². The van der Waals surface area contributed by atoms with Crippen LogP contribution in [0.2, 0.25) is 0 Å². The smallest absolute Gasteiger partial charge is 0.0990 e. The van der Waals surface area contributed by atoms with Crippen LogP contribution in [0.15, 0.2) is 0 Å². The summed E-state index contributed by atoms with van der Waals surface area (Å²) in [6.07, 6.45) is 4.94. The Morgan fingerprint density at radius 2 is 2.29 bits per heavy atom. The van der Waals surface area contributed by atoms with E-state index in [-0.39, 0.29) is 0 Å². The molecule has 1 atom stereocenters. The van der Waals surface area contributed by atoms with E-state index in [2.05, 4.69) is 11.8 Å². The van der Waals surface area contributed by atoms with Gasteiger partial charge in [0.25, 0.3) is 0 Å². The highest BCUT2D eigenvalue weighted by Crippen LogP contribution is 2.31. The second kappa shape index (κ2) is 4.30. The first kappa shape index (κ1) is 9.97. The Hall–Kier alpha value is -0.570. The summed E-state index contributed by atoms with van der Waals surface area (Å²) in [5, 5.41) is 8.03. The number of ether oxygens (including phenoxy) is 1. The molecule has 2 fully saturated rings. The summed E-state index contributed by atoms with van der Waals surface area (Å²) in [5.74, 6) is 1.44. The molecule has 14 heavy (non-hydrogen) atoms. The molecule has 1 unspecified atom stereocenters. The van der Waals surface area contributed by atoms with Crippen LogP contribution in [0.5, 0.6) is 0 Å². The summed E-state index contributed by atoms with van der Waals surface area (Å²) >= 11 is 0. The van der Waals surface area contributed by atoms with Crippen LogP contribution in [0.3, 0.4) is 0 Å². The first-order valence-corrected chi connectivity index (χ1v) is 5.76. The summed E-state index contributed by atoms with van der Waals surface area (Å²) in [5.41, 5.74) is 0. The third-order valence-electron chi connectivity index (χ3n) is 3.11. The van der Waals surface area contributed by atoms with Crippen molar-refractivity contribution < 1.29 is 4.74 Å². The number of hydrogen-bond donors (Lipinski definition) is 1. The van der Waals surface area contributed by atoms with Gasteiger partial charge in [-0.25, -0.2) is 0 Å². The minimum absolute atomic E-state index is 0.344. The molecule has 1 saturated heterocycles. The van der Waals surface area contributed by atoms with Crippen LogP contribution in [-0.2, 0) is 4.74 Å². The lowest BCUT2D eigenvalue weighted by Gasteiger charge is -2.25. The zero-order valence-electron chi connectivity index (χ0n) is 8.96. The standard InChI is InChI=1S/C11H20N2O/c1-2-10-8-13(6-3-7-14-10)11(12)9-4-5-9/h9-10,12H,2-8H2,1H3. The van der Waals surface area contributed by atoms with Gasteiger partial charge in [0.05, 0.1) is 11.9 Å². The molecule has 80 valence electrons. The average molecular weight is 196 g/mol. The maximum atomic E-state index is 8.03. The van der Waals surface area contributed by atoms with E-state index >= 15 is 0 Å². The molecular formula is C11H20N2O. The molecular weight excluding hydrogens is 176 g/mol. The molecule has 0 aromatic heterocycles. The van der Waals surface area contributed by atoms with Crippen molar-refractivity contribution in [3.05, 3.63) is 0 Å². The highest BCUT2D eigenvalue weighted by atomic mass is 16.5. The van der Waals surface area contributed by atoms with E-state index in [0.29, 0.717) is 12.0 Å². The molecule has 0 spiro atoms. The van der Waals surface area contributed by atoms with E-state index < -0.39 is 0 Å². The third-order valence-corrected chi connectivity index (χ3v) is 3.11. The third kappa shape index (κ3) is 2.27. The van der Waals surface area contributed by atoms with Gasteiger partial charge in [0.1, 0.15) is 0 Å². The average Bonchev–Trinajstić information content (AvgIpc) is 3.03. The lowest BCUT2D eigenvalue weighted by Crippen LogP contribution is -2.37. The Balaban J connectivity index is 1.91. The molecule has 3 nitrogen and oxygen atoms in total. The number of nitrogens with zero attached hydrogens (tertiary/aromatic N) is 1. The quantitative estimate of drug-likeness (QED) is 0.540. The fraction of sp³-hybridized carbons (Fsp3) is 0.909. The molecule has 2 aliphatic rings. The molecule has 0 amide bonds. The lowest BCUT2D eigenvalue weighted by molar-refractivity contribution is 0.0581. The van der Waals surface area contributed by atoms with Gasteiger partial charge in [-0.1, -0.05) is 6.92 Å². The van der Waals surface area contributed by atoms with E-state index in [4.69, 9.17) is 10.1 Å². The van der Waals surface area contributed by atoms with E-state index in [0.717, 1.165) is 38.4 Å². The summed E-state index contributed by atoms with van der Waals surface area (Å²) in [4.78, 5) is 2.23. The van der Waals surface area contributed by atoms with E-state index in [1.54, 1.807) is 0 Å². The van der Waals surface area contributed by atoms with Gasteiger partial charge < -0.3 is 9.64 Å². The number of nitrogens with one attached hydrogen (secondary N) is 1. The molecule has 2 rings (SSSR count). The molecule has 1 saturated carbocycles. The van der Waals surface area contributed by atoms with Gasteiger partial charge in [0.15, 0.2) is 0 Å². The van der Waals surface area contributed by atoms with Crippen molar-refractivity contribution >= 4 is 5.84 Å². The summed E-state index contributed by atoms with van der Waals surface area (Å²) in [6, 6.07) is 0. The molecule has 1 N–H and O–H groups in total. The van der Waals surface area contributed by atoms with Crippen molar-refractivity contribution in [3.8, 4) is 0 Å². The second-order valence-corrected chi connectivity index (χ2v) is 4.36. The summed E-state index contributed by atoms with van der Waals surface area (Å²) < 4.78 is 5.69. The Morgan fingerprint density at radius 1 is 1.50 bits per heavy atom. The SMILES string of the molecule is CCC1CN(C(=N)C2CC2)CCCO1. The van der Waals surface area contributed by atoms with Crippen molar-refractivity contribution in [2.45, 2.75) is 38.7 Å². The first-order chi connectivity index (χ1) is 6.81. The minimum Gasteiger partial charge on any atom is -0.376 e. The van der Waals surface area contributed by atoms with Crippen molar-refractivity contribution in [1.29, 1.82) is 5.41 Å². The Labute approximate surface area is 85.9 Å². The van der Waals surface area contributed by atoms with Gasteiger partial charge in [-0.3, -0.25) is 5.41 Å². The largest absolute Gasteiger partial charge is 0.376 e. The van der Waals surface area contributed by atoms with Crippen molar-refractivity contribution in [1.82, 2.24) is 4.90 Å². The normalized spacial score (nSPS) is 28.6. The Morgan fingerprint density at radius 3 is 2.93 bits per heavy atom. The molecule has 0 aromatic rings. The van der Waals surface area contributed by atoms with Crippen LogP contribution < -0.4 is 0 Å². The predicted octanol–water partition coefficient (Wildman–Crippen LogP) is 1.87. The number of hydrogen-bond acceptors (Lipinski definition) is 2.